The van der Waals surface area contributed by atoms with Crippen LogP contribution in [0.1, 0.15) is 25.8 Å². The van der Waals surface area contributed by atoms with Crippen LogP contribution in [0.5, 0.6) is 0 Å². The van der Waals surface area contributed by atoms with Crippen molar-refractivity contribution < 1.29 is 13.2 Å². The average molecular weight is 304 g/mol. The van der Waals surface area contributed by atoms with Gasteiger partial charge in [-0.2, -0.15) is 9.40 Å². The Hall–Kier alpha value is -0.960. The van der Waals surface area contributed by atoms with Crippen LogP contribution in [0, 0.1) is 0 Å². The molecule has 0 aromatic carbocycles. The summed E-state index contributed by atoms with van der Waals surface area (Å²) in [6.45, 7) is 4.98. The Kier molecular flexibility index (Phi) is 6.60. The van der Waals surface area contributed by atoms with E-state index in [0.717, 1.165) is 6.42 Å². The Labute approximate surface area is 120 Å². The van der Waals surface area contributed by atoms with Crippen molar-refractivity contribution in [1.82, 2.24) is 19.8 Å². The lowest BCUT2D eigenvalue weighted by Crippen LogP contribution is -2.41. The summed E-state index contributed by atoms with van der Waals surface area (Å²) in [5, 5.41) is 9.56. The Bertz CT molecular complexity index is 501. The molecule has 0 fully saturated rings. The molecule has 20 heavy (non-hydrogen) atoms. The summed E-state index contributed by atoms with van der Waals surface area (Å²) in [7, 11) is -0.275. The van der Waals surface area contributed by atoms with Gasteiger partial charge >= 0.3 is 0 Å². The number of ether oxygens (including phenoxy) is 1. The van der Waals surface area contributed by atoms with E-state index in [2.05, 4.69) is 15.5 Å². The lowest BCUT2D eigenvalue weighted by molar-refractivity contribution is 0.167. The third-order valence-electron chi connectivity index (χ3n) is 3.21. The fourth-order valence-electron chi connectivity index (χ4n) is 1.92. The molecule has 1 unspecified atom stereocenters. The van der Waals surface area contributed by atoms with Gasteiger partial charge in [-0.25, -0.2) is 8.42 Å². The Balaban J connectivity index is 3.11. The van der Waals surface area contributed by atoms with Gasteiger partial charge in [-0.1, -0.05) is 6.92 Å². The number of methoxy groups -OCH3 is 1. The highest BCUT2D eigenvalue weighted by Crippen LogP contribution is 2.20. The van der Waals surface area contributed by atoms with Crippen molar-refractivity contribution >= 4 is 10.0 Å². The molecule has 2 N–H and O–H groups in total. The third-order valence-corrected chi connectivity index (χ3v) is 5.24. The van der Waals surface area contributed by atoms with Crippen LogP contribution in [0.2, 0.25) is 0 Å². The number of hydrogen-bond acceptors (Lipinski definition) is 5. The zero-order valence-electron chi connectivity index (χ0n) is 12.5. The monoisotopic (exact) mass is 304 g/mol. The molecular weight excluding hydrogens is 280 g/mol. The molecule has 0 aliphatic heterocycles. The van der Waals surface area contributed by atoms with Crippen molar-refractivity contribution in [3.05, 3.63) is 11.8 Å². The number of hydrogen-bond donors (Lipinski definition) is 2. The molecule has 1 atom stereocenters. The quantitative estimate of drug-likeness (QED) is 0.696. The predicted molar refractivity (Wildman–Crippen MR) is 76.9 cm³/mol. The van der Waals surface area contributed by atoms with Crippen LogP contribution in [0.15, 0.2) is 11.2 Å². The van der Waals surface area contributed by atoms with E-state index in [0.29, 0.717) is 25.3 Å². The maximum Gasteiger partial charge on any atom is 0.260 e. The first-order chi connectivity index (χ1) is 9.48. The smallest absolute Gasteiger partial charge is 0.260 e. The van der Waals surface area contributed by atoms with Crippen molar-refractivity contribution in [2.75, 3.05) is 27.3 Å². The number of nitrogens with one attached hydrogen (secondary N) is 2. The van der Waals surface area contributed by atoms with Crippen molar-refractivity contribution in [1.29, 1.82) is 0 Å². The van der Waals surface area contributed by atoms with E-state index in [-0.39, 0.29) is 11.1 Å². The lowest BCUT2D eigenvalue weighted by atomic mass is 10.3. The van der Waals surface area contributed by atoms with Crippen molar-refractivity contribution in [2.24, 2.45) is 0 Å². The molecule has 0 bridgehead atoms. The van der Waals surface area contributed by atoms with Crippen molar-refractivity contribution in [2.45, 2.75) is 37.9 Å². The molecule has 1 aromatic heterocycles. The maximum absolute atomic E-state index is 12.8. The largest absolute Gasteiger partial charge is 0.383 e. The zero-order chi connectivity index (χ0) is 15.2. The summed E-state index contributed by atoms with van der Waals surface area (Å²) in [6.07, 6.45) is 2.27. The molecule has 116 valence electrons. The summed E-state index contributed by atoms with van der Waals surface area (Å²) in [5.41, 5.74) is 0.637. The molecule has 1 heterocycles. The molecule has 0 saturated carbocycles. The normalized spacial score (nSPS) is 13.8. The molecule has 1 rings (SSSR count). The third kappa shape index (κ3) is 3.78. The minimum Gasteiger partial charge on any atom is -0.383 e. The van der Waals surface area contributed by atoms with Crippen LogP contribution in [-0.2, 0) is 21.3 Å². The Morgan fingerprint density at radius 1 is 1.55 bits per heavy atom. The van der Waals surface area contributed by atoms with Gasteiger partial charge in [0.1, 0.15) is 0 Å². The highest BCUT2D eigenvalue weighted by molar-refractivity contribution is 7.89. The van der Waals surface area contributed by atoms with Gasteiger partial charge in [0.2, 0.25) is 0 Å². The molecule has 0 aliphatic rings. The second-order valence-corrected chi connectivity index (χ2v) is 6.45. The molecule has 0 spiro atoms. The average Bonchev–Trinajstić information content (AvgIpc) is 2.88. The molecular formula is C12H24N4O3S. The van der Waals surface area contributed by atoms with Crippen LogP contribution in [0.25, 0.3) is 0 Å². The number of H-pyrrole nitrogens is 1. The van der Waals surface area contributed by atoms with E-state index in [1.54, 1.807) is 14.2 Å². The number of nitrogens with zero attached hydrogens (tertiary/aromatic N) is 2. The van der Waals surface area contributed by atoms with Gasteiger partial charge in [-0.05, 0) is 20.4 Å². The lowest BCUT2D eigenvalue weighted by Gasteiger charge is -2.27. The van der Waals surface area contributed by atoms with Crippen LogP contribution < -0.4 is 5.32 Å². The fraction of sp³-hybridized carbons (Fsp3) is 0.750. The minimum absolute atomic E-state index is 0.0964. The van der Waals surface area contributed by atoms with Crippen LogP contribution in [0.3, 0.4) is 0 Å². The maximum atomic E-state index is 12.8. The number of rotatable bonds is 9. The van der Waals surface area contributed by atoms with Crippen molar-refractivity contribution in [3.63, 3.8) is 0 Å². The number of aromatic nitrogens is 2. The molecule has 0 saturated heterocycles. The van der Waals surface area contributed by atoms with Gasteiger partial charge in [-0.3, -0.25) is 5.10 Å². The van der Waals surface area contributed by atoms with E-state index in [1.165, 1.54) is 10.5 Å². The highest BCUT2D eigenvalue weighted by Gasteiger charge is 2.31. The standard InChI is InChI=1S/C12H24N4O3S/c1-5-10(2)16(6-7-19-4)20(17,18)12-11(8-13-3)9-14-15-12/h9-10,13H,5-8H2,1-4H3,(H,14,15). The minimum atomic E-state index is -3.60. The van der Waals surface area contributed by atoms with E-state index >= 15 is 0 Å². The van der Waals surface area contributed by atoms with Crippen LogP contribution in [-0.4, -0.2) is 56.3 Å². The summed E-state index contributed by atoms with van der Waals surface area (Å²) >= 11 is 0. The molecule has 0 radical (unpaired) electrons. The van der Waals surface area contributed by atoms with Crippen LogP contribution in [0.4, 0.5) is 0 Å². The summed E-state index contributed by atoms with van der Waals surface area (Å²) in [6, 6.07) is -0.0964. The molecule has 0 amide bonds. The highest BCUT2D eigenvalue weighted by atomic mass is 32.2. The fourth-order valence-corrected chi connectivity index (χ4v) is 3.72. The second kappa shape index (κ2) is 7.72. The van der Waals surface area contributed by atoms with Gasteiger partial charge in [0.05, 0.1) is 12.8 Å². The first-order valence-electron chi connectivity index (χ1n) is 6.66. The topological polar surface area (TPSA) is 87.3 Å². The molecule has 8 heteroatoms. The summed E-state index contributed by atoms with van der Waals surface area (Å²) < 4.78 is 32.0. The first-order valence-corrected chi connectivity index (χ1v) is 8.10. The summed E-state index contributed by atoms with van der Waals surface area (Å²) in [5.74, 6) is 0. The predicted octanol–water partition coefficient (Wildman–Crippen LogP) is 0.565. The van der Waals surface area contributed by atoms with Gasteiger partial charge in [0.25, 0.3) is 10.0 Å². The number of sulfonamides is 1. The van der Waals surface area contributed by atoms with Gasteiger partial charge in [0.15, 0.2) is 5.03 Å². The van der Waals surface area contributed by atoms with Crippen LogP contribution >= 0.6 is 0 Å². The Morgan fingerprint density at radius 2 is 2.25 bits per heavy atom. The van der Waals surface area contributed by atoms with Gasteiger partial charge < -0.3 is 10.1 Å². The summed E-state index contributed by atoms with van der Waals surface area (Å²) in [4.78, 5) is 0. The van der Waals surface area contributed by atoms with Gasteiger partial charge in [0, 0.05) is 31.8 Å². The zero-order valence-corrected chi connectivity index (χ0v) is 13.3. The number of aromatic amines is 1. The van der Waals surface area contributed by atoms with E-state index in [4.69, 9.17) is 4.74 Å². The second-order valence-electron chi connectivity index (χ2n) is 4.62. The van der Waals surface area contributed by atoms with E-state index in [1.807, 2.05) is 13.8 Å². The molecule has 1 aromatic rings. The molecule has 7 nitrogen and oxygen atoms in total. The SMILES string of the molecule is CCC(C)N(CCOC)S(=O)(=O)c1[nH]ncc1CNC. The van der Waals surface area contributed by atoms with E-state index in [9.17, 15) is 8.42 Å². The van der Waals surface area contributed by atoms with Crippen molar-refractivity contribution in [3.8, 4) is 0 Å². The molecule has 0 aliphatic carbocycles. The van der Waals surface area contributed by atoms with Gasteiger partial charge in [-0.15, -0.1) is 0 Å². The first kappa shape index (κ1) is 17.1. The Morgan fingerprint density at radius 3 is 2.80 bits per heavy atom. The van der Waals surface area contributed by atoms with E-state index < -0.39 is 10.0 Å².